The molecule has 1 aliphatic heterocycles. The van der Waals surface area contributed by atoms with E-state index in [2.05, 4.69) is 89.7 Å². The number of aryl methyl sites for hydroxylation is 2. The van der Waals surface area contributed by atoms with Crippen LogP contribution in [0.2, 0.25) is 0 Å². The smallest absolute Gasteiger partial charge is 0.118 e. The van der Waals surface area contributed by atoms with Crippen LogP contribution in [-0.4, -0.2) is 52.9 Å². The number of piperidine rings is 1. The number of likely N-dealkylation sites (tertiary alicyclic amines) is 1. The molecular formula is C28H38N4O. The zero-order valence-electron chi connectivity index (χ0n) is 20.6. The molecule has 3 aromatic rings. The van der Waals surface area contributed by atoms with Crippen LogP contribution in [0.4, 0.5) is 0 Å². The van der Waals surface area contributed by atoms with E-state index in [4.69, 9.17) is 4.74 Å². The van der Waals surface area contributed by atoms with Crippen LogP contribution in [-0.2, 0) is 26.6 Å². The highest BCUT2D eigenvalue weighted by atomic mass is 16.5. The SMILES string of the molecule is COc1ccc(CN2CCC(C(Cc3ccccc3)N(C)Cc3cn(C)nc3C)CC2)cc1. The molecule has 5 nitrogen and oxygen atoms in total. The number of hydrogen-bond donors (Lipinski definition) is 0. The highest BCUT2D eigenvalue weighted by molar-refractivity contribution is 5.27. The number of likely N-dealkylation sites (N-methyl/N-ethyl adjacent to an activating group) is 1. The van der Waals surface area contributed by atoms with Gasteiger partial charge in [0, 0.05) is 37.9 Å². The van der Waals surface area contributed by atoms with E-state index >= 15 is 0 Å². The Morgan fingerprint density at radius 1 is 1.03 bits per heavy atom. The minimum Gasteiger partial charge on any atom is -0.497 e. The van der Waals surface area contributed by atoms with Crippen molar-refractivity contribution in [1.29, 1.82) is 0 Å². The van der Waals surface area contributed by atoms with Gasteiger partial charge in [0.2, 0.25) is 0 Å². The van der Waals surface area contributed by atoms with Gasteiger partial charge in [-0.2, -0.15) is 5.10 Å². The standard InChI is InChI=1S/C28H38N4O/c1-22-26(21-31(3)29-22)20-30(2)28(18-23-8-6-5-7-9-23)25-14-16-32(17-15-25)19-24-10-12-27(33-4)13-11-24/h5-13,21,25,28H,14-20H2,1-4H3. The molecule has 1 fully saturated rings. The molecule has 1 saturated heterocycles. The zero-order valence-corrected chi connectivity index (χ0v) is 20.6. The molecule has 1 aliphatic rings. The summed E-state index contributed by atoms with van der Waals surface area (Å²) in [6.07, 6.45) is 5.75. The van der Waals surface area contributed by atoms with E-state index in [9.17, 15) is 0 Å². The second-order valence-electron chi connectivity index (χ2n) is 9.55. The second-order valence-corrected chi connectivity index (χ2v) is 9.55. The average Bonchev–Trinajstić information content (AvgIpc) is 3.15. The molecule has 1 unspecified atom stereocenters. The van der Waals surface area contributed by atoms with E-state index in [0.29, 0.717) is 12.0 Å². The lowest BCUT2D eigenvalue weighted by molar-refractivity contribution is 0.0953. The first-order valence-corrected chi connectivity index (χ1v) is 12.1. The molecule has 0 spiro atoms. The van der Waals surface area contributed by atoms with Crippen LogP contribution in [0.15, 0.2) is 60.8 Å². The molecule has 0 saturated carbocycles. The van der Waals surface area contributed by atoms with Crippen LogP contribution < -0.4 is 4.74 Å². The molecule has 0 amide bonds. The van der Waals surface area contributed by atoms with Crippen molar-refractivity contribution >= 4 is 0 Å². The van der Waals surface area contributed by atoms with Gasteiger partial charge in [0.1, 0.15) is 5.75 Å². The van der Waals surface area contributed by atoms with Gasteiger partial charge in [-0.05, 0) is 75.5 Å². The van der Waals surface area contributed by atoms with Gasteiger partial charge >= 0.3 is 0 Å². The van der Waals surface area contributed by atoms with Crippen molar-refractivity contribution in [3.05, 3.63) is 83.2 Å². The third-order valence-corrected chi connectivity index (χ3v) is 7.13. The molecule has 1 atom stereocenters. The third-order valence-electron chi connectivity index (χ3n) is 7.13. The maximum Gasteiger partial charge on any atom is 0.118 e. The number of hydrogen-bond acceptors (Lipinski definition) is 4. The predicted octanol–water partition coefficient (Wildman–Crippen LogP) is 4.69. The van der Waals surface area contributed by atoms with Crippen LogP contribution in [0.1, 0.15) is 35.2 Å². The zero-order chi connectivity index (χ0) is 23.2. The molecular weight excluding hydrogens is 408 g/mol. The van der Waals surface area contributed by atoms with E-state index in [1.165, 1.54) is 29.5 Å². The summed E-state index contributed by atoms with van der Waals surface area (Å²) < 4.78 is 7.23. The van der Waals surface area contributed by atoms with Gasteiger partial charge in [-0.15, -0.1) is 0 Å². The first-order chi connectivity index (χ1) is 16.0. The molecule has 5 heteroatoms. The molecule has 1 aromatic heterocycles. The molecule has 4 rings (SSSR count). The Kier molecular flexibility index (Phi) is 7.84. The van der Waals surface area contributed by atoms with Crippen LogP contribution >= 0.6 is 0 Å². The monoisotopic (exact) mass is 446 g/mol. The molecule has 0 aliphatic carbocycles. The van der Waals surface area contributed by atoms with Gasteiger partial charge in [-0.1, -0.05) is 42.5 Å². The van der Waals surface area contributed by atoms with Crippen LogP contribution in [0.5, 0.6) is 5.75 Å². The lowest BCUT2D eigenvalue weighted by Crippen LogP contribution is -2.45. The van der Waals surface area contributed by atoms with Gasteiger partial charge in [-0.3, -0.25) is 14.5 Å². The Morgan fingerprint density at radius 3 is 2.33 bits per heavy atom. The quantitative estimate of drug-likeness (QED) is 0.477. The van der Waals surface area contributed by atoms with Crippen molar-refractivity contribution < 1.29 is 4.74 Å². The molecule has 33 heavy (non-hydrogen) atoms. The van der Waals surface area contributed by atoms with Crippen LogP contribution in [0.25, 0.3) is 0 Å². The van der Waals surface area contributed by atoms with Crippen molar-refractivity contribution in [2.45, 2.75) is 45.3 Å². The summed E-state index contributed by atoms with van der Waals surface area (Å²) in [6, 6.07) is 20.0. The fraction of sp³-hybridized carbons (Fsp3) is 0.464. The Balaban J connectivity index is 1.41. The van der Waals surface area contributed by atoms with Gasteiger partial charge in [0.15, 0.2) is 0 Å². The summed E-state index contributed by atoms with van der Waals surface area (Å²) in [5, 5.41) is 4.56. The van der Waals surface area contributed by atoms with E-state index in [1.54, 1.807) is 7.11 Å². The fourth-order valence-corrected chi connectivity index (χ4v) is 5.21. The number of aromatic nitrogens is 2. The number of benzene rings is 2. The minimum atomic E-state index is 0.523. The molecule has 0 N–H and O–H groups in total. The van der Waals surface area contributed by atoms with Gasteiger partial charge in [0.25, 0.3) is 0 Å². The third kappa shape index (κ3) is 6.24. The van der Waals surface area contributed by atoms with Crippen molar-refractivity contribution in [3.63, 3.8) is 0 Å². The Labute approximate surface area is 199 Å². The van der Waals surface area contributed by atoms with E-state index in [-0.39, 0.29) is 0 Å². The van der Waals surface area contributed by atoms with Crippen molar-refractivity contribution in [2.75, 3.05) is 27.2 Å². The lowest BCUT2D eigenvalue weighted by atomic mass is 9.84. The Hall–Kier alpha value is -2.63. The average molecular weight is 447 g/mol. The second kappa shape index (κ2) is 11.0. The molecule has 2 heterocycles. The maximum absolute atomic E-state index is 5.30. The summed E-state index contributed by atoms with van der Waals surface area (Å²) >= 11 is 0. The minimum absolute atomic E-state index is 0.523. The normalized spacial score (nSPS) is 16.3. The van der Waals surface area contributed by atoms with Crippen LogP contribution in [0.3, 0.4) is 0 Å². The summed E-state index contributed by atoms with van der Waals surface area (Å²) in [4.78, 5) is 5.17. The first-order valence-electron chi connectivity index (χ1n) is 12.1. The first kappa shape index (κ1) is 23.5. The van der Waals surface area contributed by atoms with Gasteiger partial charge in [0.05, 0.1) is 12.8 Å². The lowest BCUT2D eigenvalue weighted by Gasteiger charge is -2.40. The number of ether oxygens (including phenoxy) is 1. The summed E-state index contributed by atoms with van der Waals surface area (Å²) in [7, 11) is 6.03. The van der Waals surface area contributed by atoms with Gasteiger partial charge in [-0.25, -0.2) is 0 Å². The Morgan fingerprint density at radius 2 is 1.73 bits per heavy atom. The molecule has 0 bridgehead atoms. The topological polar surface area (TPSA) is 33.5 Å². The van der Waals surface area contributed by atoms with Crippen LogP contribution in [0, 0.1) is 12.8 Å². The van der Waals surface area contributed by atoms with E-state index in [0.717, 1.165) is 44.0 Å². The highest BCUT2D eigenvalue weighted by Gasteiger charge is 2.30. The number of rotatable bonds is 9. The van der Waals surface area contributed by atoms with Crippen molar-refractivity contribution in [2.24, 2.45) is 13.0 Å². The Bertz CT molecular complexity index is 990. The highest BCUT2D eigenvalue weighted by Crippen LogP contribution is 2.28. The maximum atomic E-state index is 5.30. The summed E-state index contributed by atoms with van der Waals surface area (Å²) in [6.45, 7) is 6.39. The van der Waals surface area contributed by atoms with Gasteiger partial charge < -0.3 is 4.74 Å². The van der Waals surface area contributed by atoms with E-state index < -0.39 is 0 Å². The van der Waals surface area contributed by atoms with E-state index in [1.807, 2.05) is 11.7 Å². The predicted molar refractivity (Wildman–Crippen MR) is 134 cm³/mol. The largest absolute Gasteiger partial charge is 0.497 e. The molecule has 0 radical (unpaired) electrons. The summed E-state index contributed by atoms with van der Waals surface area (Å²) in [5.74, 6) is 1.62. The summed E-state index contributed by atoms with van der Waals surface area (Å²) in [5.41, 5.74) is 5.25. The number of nitrogens with zero attached hydrogens (tertiary/aromatic N) is 4. The fourth-order valence-electron chi connectivity index (χ4n) is 5.21. The van der Waals surface area contributed by atoms with Crippen molar-refractivity contribution in [1.82, 2.24) is 19.6 Å². The molecule has 176 valence electrons. The number of methoxy groups -OCH3 is 1. The van der Waals surface area contributed by atoms with Crippen molar-refractivity contribution in [3.8, 4) is 5.75 Å². The molecule has 2 aromatic carbocycles.